The van der Waals surface area contributed by atoms with Crippen molar-refractivity contribution in [1.82, 2.24) is 10.2 Å². The minimum absolute atomic E-state index is 0.208. The van der Waals surface area contributed by atoms with Gasteiger partial charge in [0.2, 0.25) is 5.91 Å². The van der Waals surface area contributed by atoms with Crippen LogP contribution in [0.3, 0.4) is 0 Å². The first-order valence-electron chi connectivity index (χ1n) is 9.82. The summed E-state index contributed by atoms with van der Waals surface area (Å²) in [5, 5.41) is 12.7. The van der Waals surface area contributed by atoms with Gasteiger partial charge in [0.25, 0.3) is 0 Å². The molecule has 7 nitrogen and oxygen atoms in total. The third kappa shape index (κ3) is 6.03. The van der Waals surface area contributed by atoms with Crippen LogP contribution in [0, 0.1) is 0 Å². The molecule has 3 atom stereocenters. The molecule has 28 heavy (non-hydrogen) atoms. The molecule has 0 aromatic carbocycles. The molecule has 2 rings (SSSR count). The first-order chi connectivity index (χ1) is 13.1. The van der Waals surface area contributed by atoms with E-state index in [0.717, 1.165) is 17.9 Å². The predicted octanol–water partition coefficient (Wildman–Crippen LogP) is 2.41. The fraction of sp³-hybridized carbons (Fsp3) is 0.842. The smallest absolute Gasteiger partial charge is 0.411 e. The third-order valence-electron chi connectivity index (χ3n) is 4.72. The maximum absolute atomic E-state index is 13.1. The highest BCUT2D eigenvalue weighted by Crippen LogP contribution is 2.50. The summed E-state index contributed by atoms with van der Waals surface area (Å²) in [7, 11) is 0. The van der Waals surface area contributed by atoms with Crippen molar-refractivity contribution >= 4 is 41.8 Å². The summed E-state index contributed by atoms with van der Waals surface area (Å²) in [4.78, 5) is 38.4. The summed E-state index contributed by atoms with van der Waals surface area (Å²) in [6, 6.07) is -1.33. The standard InChI is InChI=1S/C19H32N2O5S2/c1-5-7-13(15(23)11-22)20-16(24)14-10-19(27-8-6-9-28-19)12-21(14)17(25)26-18(2,3)4/h11,13-15,23H,5-10,12H2,1-4H3,(H,20,24)/t13?,14-,15?/m0/s1. The van der Waals surface area contributed by atoms with Gasteiger partial charge in [0.05, 0.1) is 10.1 Å². The van der Waals surface area contributed by atoms with E-state index in [0.29, 0.717) is 32.1 Å². The van der Waals surface area contributed by atoms with Gasteiger partial charge in [-0.1, -0.05) is 13.3 Å². The minimum atomic E-state index is -1.26. The van der Waals surface area contributed by atoms with Gasteiger partial charge < -0.3 is 20.0 Å². The number of ether oxygens (including phenoxy) is 1. The number of aldehydes is 1. The molecule has 2 aliphatic rings. The van der Waals surface area contributed by atoms with E-state index in [9.17, 15) is 19.5 Å². The van der Waals surface area contributed by atoms with E-state index in [-0.39, 0.29) is 9.99 Å². The second-order valence-electron chi connectivity index (χ2n) is 8.32. The molecule has 2 unspecified atom stereocenters. The van der Waals surface area contributed by atoms with Gasteiger partial charge in [-0.3, -0.25) is 9.69 Å². The van der Waals surface area contributed by atoms with Gasteiger partial charge in [-0.25, -0.2) is 4.79 Å². The molecule has 0 aromatic rings. The number of nitrogens with zero attached hydrogens (tertiary/aromatic N) is 1. The van der Waals surface area contributed by atoms with Gasteiger partial charge in [0.15, 0.2) is 6.29 Å². The van der Waals surface area contributed by atoms with Gasteiger partial charge in [-0.15, -0.1) is 23.5 Å². The number of hydrogen-bond acceptors (Lipinski definition) is 7. The molecule has 0 aromatic heterocycles. The van der Waals surface area contributed by atoms with Crippen LogP contribution in [0.15, 0.2) is 0 Å². The molecule has 0 bridgehead atoms. The van der Waals surface area contributed by atoms with Crippen LogP contribution in [0.5, 0.6) is 0 Å². The lowest BCUT2D eigenvalue weighted by atomic mass is 10.1. The largest absolute Gasteiger partial charge is 0.444 e. The summed E-state index contributed by atoms with van der Waals surface area (Å²) < 4.78 is 5.33. The predicted molar refractivity (Wildman–Crippen MR) is 113 cm³/mol. The maximum atomic E-state index is 13.1. The number of thioether (sulfide) groups is 2. The Balaban J connectivity index is 2.19. The number of hydrogen-bond donors (Lipinski definition) is 2. The molecule has 9 heteroatoms. The minimum Gasteiger partial charge on any atom is -0.444 e. The molecule has 0 radical (unpaired) electrons. The average molecular weight is 433 g/mol. The second-order valence-corrected chi connectivity index (χ2v) is 11.5. The number of amides is 2. The van der Waals surface area contributed by atoms with Gasteiger partial charge in [0, 0.05) is 13.0 Å². The molecule has 1 spiro atoms. The van der Waals surface area contributed by atoms with E-state index in [4.69, 9.17) is 4.74 Å². The summed E-state index contributed by atoms with van der Waals surface area (Å²) in [6.07, 6.45) is 1.53. The average Bonchev–Trinajstić information content (AvgIpc) is 2.99. The molecule has 160 valence electrons. The van der Waals surface area contributed by atoms with Crippen LogP contribution >= 0.6 is 23.5 Å². The molecular formula is C19H32N2O5S2. The summed E-state index contributed by atoms with van der Waals surface area (Å²) >= 11 is 3.60. The normalized spacial score (nSPS) is 23.9. The van der Waals surface area contributed by atoms with Gasteiger partial charge in [0.1, 0.15) is 17.7 Å². The molecule has 2 saturated heterocycles. The lowest BCUT2D eigenvalue weighted by Gasteiger charge is -2.32. The third-order valence-corrected chi connectivity index (χ3v) is 8.06. The Morgan fingerprint density at radius 3 is 2.54 bits per heavy atom. The molecule has 2 amide bonds. The molecular weight excluding hydrogens is 400 g/mol. The lowest BCUT2D eigenvalue weighted by molar-refractivity contribution is -0.128. The molecule has 2 heterocycles. The van der Waals surface area contributed by atoms with Crippen LogP contribution in [-0.4, -0.2) is 74.2 Å². The van der Waals surface area contributed by atoms with Crippen LogP contribution in [0.2, 0.25) is 0 Å². The first kappa shape index (κ1) is 23.3. The van der Waals surface area contributed by atoms with Crippen LogP contribution < -0.4 is 5.32 Å². The number of likely N-dealkylation sites (tertiary alicyclic amines) is 1. The van der Waals surface area contributed by atoms with Crippen molar-refractivity contribution < 1.29 is 24.2 Å². The summed E-state index contributed by atoms with van der Waals surface area (Å²) in [6.45, 7) is 7.77. The Hall–Kier alpha value is -0.930. The Labute approximate surface area is 175 Å². The van der Waals surface area contributed by atoms with Gasteiger partial charge in [-0.05, 0) is 45.1 Å². The Morgan fingerprint density at radius 2 is 2.00 bits per heavy atom. The number of carbonyl (C=O) groups excluding carboxylic acids is 3. The number of aliphatic hydroxyl groups is 1. The van der Waals surface area contributed by atoms with Gasteiger partial charge >= 0.3 is 6.09 Å². The summed E-state index contributed by atoms with van der Waals surface area (Å²) in [5.41, 5.74) is -0.654. The topological polar surface area (TPSA) is 95.9 Å². The molecule has 2 aliphatic heterocycles. The highest BCUT2D eigenvalue weighted by molar-refractivity contribution is 8.18. The van der Waals surface area contributed by atoms with Crippen molar-refractivity contribution in [3.05, 3.63) is 0 Å². The highest BCUT2D eigenvalue weighted by Gasteiger charge is 2.51. The fourth-order valence-corrected chi connectivity index (χ4v) is 6.77. The Morgan fingerprint density at radius 1 is 1.36 bits per heavy atom. The Bertz CT molecular complexity index is 575. The molecule has 0 saturated carbocycles. The highest BCUT2D eigenvalue weighted by atomic mass is 32.2. The number of carbonyl (C=O) groups is 3. The van der Waals surface area contributed by atoms with Crippen molar-refractivity contribution in [2.24, 2.45) is 0 Å². The van der Waals surface area contributed by atoms with Gasteiger partial charge in [-0.2, -0.15) is 0 Å². The van der Waals surface area contributed by atoms with E-state index >= 15 is 0 Å². The molecule has 2 N–H and O–H groups in total. The van der Waals surface area contributed by atoms with Crippen LogP contribution in [0.4, 0.5) is 4.79 Å². The van der Waals surface area contributed by atoms with Crippen molar-refractivity contribution in [2.45, 2.75) is 81.2 Å². The van der Waals surface area contributed by atoms with E-state index in [2.05, 4.69) is 5.32 Å². The monoisotopic (exact) mass is 432 g/mol. The van der Waals surface area contributed by atoms with E-state index < -0.39 is 29.9 Å². The van der Waals surface area contributed by atoms with Crippen LogP contribution in [-0.2, 0) is 14.3 Å². The van der Waals surface area contributed by atoms with E-state index in [1.807, 2.05) is 6.92 Å². The first-order valence-corrected chi connectivity index (χ1v) is 11.8. The number of rotatable bonds is 6. The Kier molecular flexibility index (Phi) is 8.10. The molecule has 2 fully saturated rings. The van der Waals surface area contributed by atoms with Crippen LogP contribution in [0.25, 0.3) is 0 Å². The van der Waals surface area contributed by atoms with E-state index in [1.54, 1.807) is 44.3 Å². The van der Waals surface area contributed by atoms with Crippen molar-refractivity contribution in [1.29, 1.82) is 0 Å². The summed E-state index contributed by atoms with van der Waals surface area (Å²) in [5.74, 6) is 1.67. The van der Waals surface area contributed by atoms with Crippen molar-refractivity contribution in [2.75, 3.05) is 18.1 Å². The second kappa shape index (κ2) is 9.71. The number of nitrogens with one attached hydrogen (secondary N) is 1. The van der Waals surface area contributed by atoms with E-state index in [1.165, 1.54) is 4.90 Å². The maximum Gasteiger partial charge on any atom is 0.411 e. The van der Waals surface area contributed by atoms with Crippen LogP contribution in [0.1, 0.15) is 53.4 Å². The zero-order valence-electron chi connectivity index (χ0n) is 17.1. The SMILES string of the molecule is CCCC(NC(=O)[C@@H]1CC2(CN1C(=O)OC(C)(C)C)SCCCS2)C(O)C=O. The lowest BCUT2D eigenvalue weighted by Crippen LogP contribution is -2.52. The quantitative estimate of drug-likeness (QED) is 0.622. The number of aliphatic hydroxyl groups excluding tert-OH is 1. The fourth-order valence-electron chi connectivity index (χ4n) is 3.42. The van der Waals surface area contributed by atoms with Crippen molar-refractivity contribution in [3.8, 4) is 0 Å². The van der Waals surface area contributed by atoms with Crippen molar-refractivity contribution in [3.63, 3.8) is 0 Å². The zero-order chi connectivity index (χ0) is 20.9. The molecule has 0 aliphatic carbocycles. The zero-order valence-corrected chi connectivity index (χ0v) is 18.7.